The lowest BCUT2D eigenvalue weighted by Crippen LogP contribution is -2.13. The number of hydrogen-bond acceptors (Lipinski definition) is 2. The van der Waals surface area contributed by atoms with Gasteiger partial charge in [-0.25, -0.2) is 0 Å². The van der Waals surface area contributed by atoms with Crippen molar-refractivity contribution < 1.29 is 4.74 Å². The van der Waals surface area contributed by atoms with E-state index in [2.05, 4.69) is 20.4 Å². The number of hydrogen-bond donors (Lipinski definition) is 0. The van der Waals surface area contributed by atoms with Crippen LogP contribution in [-0.2, 0) is 4.74 Å². The largest absolute Gasteiger partial charge is 0.486 e. The minimum Gasteiger partial charge on any atom is -0.486 e. The third-order valence-electron chi connectivity index (χ3n) is 1.77. The lowest BCUT2D eigenvalue weighted by molar-refractivity contribution is 0.288. The average Bonchev–Trinajstić information content (AvgIpc) is 2.07. The Kier molecular flexibility index (Phi) is 7.06. The second kappa shape index (κ2) is 7.29. The maximum atomic E-state index is 5.39. The molecule has 0 N–H and O–H groups in total. The first-order chi connectivity index (χ1) is 5.76. The number of ether oxygens (including phenoxy) is 1. The molecule has 1 nitrogen and oxygen atoms in total. The van der Waals surface area contributed by atoms with Gasteiger partial charge in [-0.3, -0.25) is 0 Å². The molecule has 0 aromatic rings. The van der Waals surface area contributed by atoms with Crippen molar-refractivity contribution in [2.75, 3.05) is 6.61 Å². The first-order valence-electron chi connectivity index (χ1n) is 4.55. The number of unbranched alkanes of at least 4 members (excludes halogenated alkanes) is 1. The molecule has 0 fully saturated rings. The van der Waals surface area contributed by atoms with Gasteiger partial charge in [0, 0.05) is 5.92 Å². The second-order valence-electron chi connectivity index (χ2n) is 2.77. The van der Waals surface area contributed by atoms with Crippen molar-refractivity contribution in [1.82, 2.24) is 0 Å². The van der Waals surface area contributed by atoms with Gasteiger partial charge in [-0.05, 0) is 25.1 Å². The van der Waals surface area contributed by atoms with E-state index in [0.717, 1.165) is 25.9 Å². The summed E-state index contributed by atoms with van der Waals surface area (Å²) in [6.45, 7) is 8.68. The smallest absolute Gasteiger partial charge is 0.166 e. The fourth-order valence-corrected chi connectivity index (χ4v) is 1.20. The summed E-state index contributed by atoms with van der Waals surface area (Å²) in [6, 6.07) is 0. The van der Waals surface area contributed by atoms with Gasteiger partial charge in [-0.1, -0.05) is 26.3 Å². The third kappa shape index (κ3) is 4.50. The van der Waals surface area contributed by atoms with E-state index in [1.54, 1.807) is 0 Å². The molecular weight excluding hydrogens is 168 g/mol. The molecular formula is C10H18OS. The van der Waals surface area contributed by atoms with Crippen LogP contribution in [0, 0.1) is 5.92 Å². The molecule has 0 aliphatic carbocycles. The quantitative estimate of drug-likeness (QED) is 0.357. The molecule has 0 radical (unpaired) electrons. The van der Waals surface area contributed by atoms with Gasteiger partial charge in [-0.2, -0.15) is 0 Å². The summed E-state index contributed by atoms with van der Waals surface area (Å²) in [6.07, 6.45) is 5.06. The monoisotopic (exact) mass is 186 g/mol. The van der Waals surface area contributed by atoms with Crippen LogP contribution in [0.1, 0.15) is 33.1 Å². The molecule has 0 saturated carbocycles. The van der Waals surface area contributed by atoms with Gasteiger partial charge in [-0.15, -0.1) is 6.58 Å². The fraction of sp³-hybridized carbons (Fsp3) is 0.700. The molecule has 0 aromatic heterocycles. The minimum atomic E-state index is 0.247. The van der Waals surface area contributed by atoms with E-state index in [9.17, 15) is 0 Å². The molecule has 12 heavy (non-hydrogen) atoms. The summed E-state index contributed by atoms with van der Waals surface area (Å²) in [5.41, 5.74) is 0. The Morgan fingerprint density at radius 3 is 2.67 bits per heavy atom. The van der Waals surface area contributed by atoms with E-state index in [1.165, 1.54) is 0 Å². The molecule has 0 rings (SSSR count). The molecule has 0 aliphatic rings. The molecule has 0 amide bonds. The maximum Gasteiger partial charge on any atom is 0.166 e. The molecule has 0 spiro atoms. The Morgan fingerprint density at radius 1 is 1.58 bits per heavy atom. The molecule has 1 unspecified atom stereocenters. The van der Waals surface area contributed by atoms with Gasteiger partial charge < -0.3 is 4.74 Å². The van der Waals surface area contributed by atoms with E-state index >= 15 is 0 Å². The number of thiocarbonyl (C=S) groups is 1. The highest BCUT2D eigenvalue weighted by atomic mass is 32.1. The molecule has 0 bridgehead atoms. The predicted molar refractivity (Wildman–Crippen MR) is 57.4 cm³/mol. The summed E-state index contributed by atoms with van der Waals surface area (Å²) in [7, 11) is 0. The molecule has 1 atom stereocenters. The summed E-state index contributed by atoms with van der Waals surface area (Å²) in [4.78, 5) is 0. The van der Waals surface area contributed by atoms with Crippen molar-refractivity contribution in [2.45, 2.75) is 33.1 Å². The van der Waals surface area contributed by atoms with Crippen molar-refractivity contribution in [3.63, 3.8) is 0 Å². The lowest BCUT2D eigenvalue weighted by atomic mass is 10.1. The Morgan fingerprint density at radius 2 is 2.25 bits per heavy atom. The van der Waals surface area contributed by atoms with E-state index in [4.69, 9.17) is 17.0 Å². The van der Waals surface area contributed by atoms with Gasteiger partial charge in [0.25, 0.3) is 0 Å². The zero-order valence-corrected chi connectivity index (χ0v) is 8.82. The summed E-state index contributed by atoms with van der Waals surface area (Å²) >= 11 is 5.09. The third-order valence-corrected chi connectivity index (χ3v) is 2.19. The Balaban J connectivity index is 3.62. The summed E-state index contributed by atoms with van der Waals surface area (Å²) < 4.78 is 5.39. The molecule has 0 aromatic carbocycles. The maximum absolute atomic E-state index is 5.39. The number of rotatable bonds is 6. The Bertz CT molecular complexity index is 143. The topological polar surface area (TPSA) is 9.23 Å². The molecule has 2 heteroatoms. The van der Waals surface area contributed by atoms with Gasteiger partial charge in [0.2, 0.25) is 0 Å². The van der Waals surface area contributed by atoms with Crippen molar-refractivity contribution >= 4 is 17.3 Å². The molecule has 0 heterocycles. The Hall–Kier alpha value is -0.370. The van der Waals surface area contributed by atoms with Gasteiger partial charge in [0.05, 0.1) is 6.61 Å². The predicted octanol–water partition coefficient (Wildman–Crippen LogP) is 3.34. The molecule has 70 valence electrons. The van der Waals surface area contributed by atoms with E-state index < -0.39 is 0 Å². The first kappa shape index (κ1) is 11.6. The van der Waals surface area contributed by atoms with Gasteiger partial charge in [0.1, 0.15) is 0 Å². The van der Waals surface area contributed by atoms with E-state index in [-0.39, 0.29) is 5.92 Å². The fourth-order valence-electron chi connectivity index (χ4n) is 0.854. The Labute approximate surface area is 80.8 Å². The summed E-state index contributed by atoms with van der Waals surface area (Å²) in [5.74, 6) is 0.247. The van der Waals surface area contributed by atoms with Crippen LogP contribution in [0.25, 0.3) is 0 Å². The van der Waals surface area contributed by atoms with Crippen molar-refractivity contribution in [3.05, 3.63) is 12.7 Å². The zero-order chi connectivity index (χ0) is 9.40. The average molecular weight is 186 g/mol. The van der Waals surface area contributed by atoms with E-state index in [1.807, 2.05) is 6.08 Å². The van der Waals surface area contributed by atoms with E-state index in [0.29, 0.717) is 5.05 Å². The standard InChI is InChI=1S/C10H18OS/c1-4-7-8-11-10(12)9(5-2)6-3/h5,9H,2,4,6-8H2,1,3H3. The highest BCUT2D eigenvalue weighted by Gasteiger charge is 2.08. The SMILES string of the molecule is C=CC(CC)C(=S)OCCCC. The normalized spacial score (nSPS) is 12.2. The van der Waals surface area contributed by atoms with Crippen LogP contribution < -0.4 is 0 Å². The van der Waals surface area contributed by atoms with Crippen LogP contribution in [0.3, 0.4) is 0 Å². The van der Waals surface area contributed by atoms with Crippen LogP contribution >= 0.6 is 12.2 Å². The van der Waals surface area contributed by atoms with Crippen LogP contribution in [0.15, 0.2) is 12.7 Å². The molecule has 0 saturated heterocycles. The lowest BCUT2D eigenvalue weighted by Gasteiger charge is -2.12. The molecule has 0 aliphatic heterocycles. The van der Waals surface area contributed by atoms with Gasteiger partial charge >= 0.3 is 0 Å². The van der Waals surface area contributed by atoms with Crippen LogP contribution in [-0.4, -0.2) is 11.7 Å². The highest BCUT2D eigenvalue weighted by Crippen LogP contribution is 2.08. The minimum absolute atomic E-state index is 0.247. The van der Waals surface area contributed by atoms with Crippen molar-refractivity contribution in [3.8, 4) is 0 Å². The van der Waals surface area contributed by atoms with Gasteiger partial charge in [0.15, 0.2) is 5.05 Å². The van der Waals surface area contributed by atoms with Crippen molar-refractivity contribution in [1.29, 1.82) is 0 Å². The van der Waals surface area contributed by atoms with Crippen LogP contribution in [0.2, 0.25) is 0 Å². The zero-order valence-electron chi connectivity index (χ0n) is 8.01. The second-order valence-corrected chi connectivity index (χ2v) is 3.17. The summed E-state index contributed by atoms with van der Waals surface area (Å²) in [5, 5.41) is 0.695. The van der Waals surface area contributed by atoms with Crippen LogP contribution in [0.4, 0.5) is 0 Å². The van der Waals surface area contributed by atoms with Crippen molar-refractivity contribution in [2.24, 2.45) is 5.92 Å². The van der Waals surface area contributed by atoms with Crippen LogP contribution in [0.5, 0.6) is 0 Å². The first-order valence-corrected chi connectivity index (χ1v) is 4.96. The highest BCUT2D eigenvalue weighted by molar-refractivity contribution is 7.80.